The molecule has 0 aromatic carbocycles. The molecule has 0 unspecified atom stereocenters. The molecular formula is C21H26O12. The average molecular weight is 470 g/mol. The number of hydrogen-bond acceptors (Lipinski definition) is 12. The maximum absolute atomic E-state index is 12.4. The highest BCUT2D eigenvalue weighted by Gasteiger charge is 2.59. The third kappa shape index (κ3) is 3.87. The lowest BCUT2D eigenvalue weighted by Crippen LogP contribution is -2.60. The molecule has 33 heavy (non-hydrogen) atoms. The van der Waals surface area contributed by atoms with E-state index in [9.17, 15) is 35.1 Å². The lowest BCUT2D eigenvalue weighted by molar-refractivity contribution is -0.344. The van der Waals surface area contributed by atoms with Crippen molar-refractivity contribution in [2.75, 3.05) is 13.7 Å². The standard InChI is InChI=1S/C21H26O12/c1-8(23)10-5-21(33-18(10)28)4-3-9-11(17(27)29-2)7-30-19(13(9)21)32-20-16(26)15(25)14(24)12(6-22)31-20/h3-5,7-9,12-16,19-20,22-26H,6H2,1-2H3/t8-,9+,12-,13+,14-,15+,16-,19-,20+,21+/m0/s1. The summed E-state index contributed by atoms with van der Waals surface area (Å²) < 4.78 is 27.2. The quantitative estimate of drug-likeness (QED) is 0.213. The summed E-state index contributed by atoms with van der Waals surface area (Å²) in [7, 11) is 1.20. The molecule has 1 fully saturated rings. The number of carbonyl (C=O) groups is 2. The molecule has 5 N–H and O–H groups in total. The number of allylic oxidation sites excluding steroid dienone is 1. The van der Waals surface area contributed by atoms with E-state index in [1.165, 1.54) is 20.1 Å². The molecule has 0 radical (unpaired) electrons. The summed E-state index contributed by atoms with van der Waals surface area (Å²) >= 11 is 0. The van der Waals surface area contributed by atoms with Crippen LogP contribution in [0.15, 0.2) is 35.6 Å². The zero-order valence-electron chi connectivity index (χ0n) is 17.8. The van der Waals surface area contributed by atoms with E-state index in [0.717, 1.165) is 6.26 Å². The molecule has 0 aromatic rings. The third-order valence-corrected chi connectivity index (χ3v) is 6.33. The van der Waals surface area contributed by atoms with Crippen LogP contribution in [0.4, 0.5) is 0 Å². The van der Waals surface area contributed by atoms with Crippen LogP contribution < -0.4 is 0 Å². The van der Waals surface area contributed by atoms with Gasteiger partial charge in [0.05, 0.1) is 43.1 Å². The first kappa shape index (κ1) is 23.8. The van der Waals surface area contributed by atoms with Crippen LogP contribution in [0.1, 0.15) is 6.92 Å². The molecular weight excluding hydrogens is 444 g/mol. The number of fused-ring (bicyclic) bond motifs is 2. The van der Waals surface area contributed by atoms with Gasteiger partial charge in [-0.15, -0.1) is 0 Å². The predicted octanol–water partition coefficient (Wildman–Crippen LogP) is -2.38. The average Bonchev–Trinajstić information content (AvgIpc) is 3.34. The predicted molar refractivity (Wildman–Crippen MR) is 105 cm³/mol. The smallest absolute Gasteiger partial charge is 0.337 e. The van der Waals surface area contributed by atoms with Crippen molar-refractivity contribution >= 4 is 11.9 Å². The van der Waals surface area contributed by atoms with E-state index in [2.05, 4.69) is 0 Å². The highest BCUT2D eigenvalue weighted by atomic mass is 16.8. The number of aliphatic hydroxyl groups is 5. The van der Waals surface area contributed by atoms with E-state index in [0.29, 0.717) is 0 Å². The van der Waals surface area contributed by atoms with Gasteiger partial charge in [-0.25, -0.2) is 9.59 Å². The van der Waals surface area contributed by atoms with Crippen LogP contribution in [0.25, 0.3) is 0 Å². The Morgan fingerprint density at radius 2 is 1.94 bits per heavy atom. The van der Waals surface area contributed by atoms with Crippen LogP contribution in [0.2, 0.25) is 0 Å². The number of aliphatic hydroxyl groups excluding tert-OH is 5. The molecule has 12 nitrogen and oxygen atoms in total. The zero-order chi connectivity index (χ0) is 24.1. The van der Waals surface area contributed by atoms with Crippen LogP contribution in [0, 0.1) is 11.8 Å². The first-order valence-electron chi connectivity index (χ1n) is 10.4. The molecule has 4 aliphatic rings. The minimum atomic E-state index is -1.70. The Balaban J connectivity index is 1.67. The van der Waals surface area contributed by atoms with Gasteiger partial charge in [0.1, 0.15) is 24.4 Å². The number of ether oxygens (including phenoxy) is 5. The van der Waals surface area contributed by atoms with Crippen LogP contribution >= 0.6 is 0 Å². The first-order valence-corrected chi connectivity index (χ1v) is 10.4. The van der Waals surface area contributed by atoms with Gasteiger partial charge in [0.2, 0.25) is 6.29 Å². The minimum absolute atomic E-state index is 0.0149. The maximum atomic E-state index is 12.4. The SMILES string of the molecule is COC(=O)C1=CO[C@@H](O[C@H]2O[C@@H](CO)[C@H](O)[C@@H](O)[C@@H]2O)[C@H]2[C@@H]1C=C[C@@]21C=C([C@H](C)O)C(=O)O1. The molecule has 1 spiro atoms. The van der Waals surface area contributed by atoms with Crippen molar-refractivity contribution in [2.24, 2.45) is 11.8 Å². The topological polar surface area (TPSA) is 181 Å². The summed E-state index contributed by atoms with van der Waals surface area (Å²) in [6, 6.07) is 0. The number of hydrogen-bond donors (Lipinski definition) is 5. The fraction of sp³-hybridized carbons (Fsp3) is 0.619. The summed E-state index contributed by atoms with van der Waals surface area (Å²) in [5.41, 5.74) is -1.30. The van der Waals surface area contributed by atoms with Crippen LogP contribution in [0.3, 0.4) is 0 Å². The van der Waals surface area contributed by atoms with Gasteiger partial charge in [0.25, 0.3) is 0 Å². The summed E-state index contributed by atoms with van der Waals surface area (Å²) in [4.78, 5) is 24.7. The van der Waals surface area contributed by atoms with Crippen molar-refractivity contribution in [3.63, 3.8) is 0 Å². The second-order valence-corrected chi connectivity index (χ2v) is 8.33. The van der Waals surface area contributed by atoms with Crippen LogP contribution in [-0.4, -0.2) is 99.9 Å². The molecule has 10 atom stereocenters. The van der Waals surface area contributed by atoms with Crippen molar-refractivity contribution < 1.29 is 58.8 Å². The van der Waals surface area contributed by atoms with Gasteiger partial charge in [0, 0.05) is 5.92 Å². The molecule has 1 saturated heterocycles. The largest absolute Gasteiger partial charge is 0.471 e. The summed E-state index contributed by atoms with van der Waals surface area (Å²) in [5.74, 6) is -3.03. The summed E-state index contributed by atoms with van der Waals surface area (Å²) in [5, 5.41) is 49.8. The number of esters is 2. The fourth-order valence-electron chi connectivity index (χ4n) is 4.57. The van der Waals surface area contributed by atoms with Crippen molar-refractivity contribution in [2.45, 2.75) is 55.6 Å². The Labute approximate surface area is 188 Å². The molecule has 4 rings (SSSR count). The van der Waals surface area contributed by atoms with E-state index in [-0.39, 0.29) is 11.1 Å². The lowest BCUT2D eigenvalue weighted by Gasteiger charge is -2.44. The Morgan fingerprint density at radius 3 is 2.55 bits per heavy atom. The van der Waals surface area contributed by atoms with Gasteiger partial charge < -0.3 is 49.2 Å². The van der Waals surface area contributed by atoms with E-state index < -0.39 is 79.1 Å². The van der Waals surface area contributed by atoms with Gasteiger partial charge >= 0.3 is 11.9 Å². The monoisotopic (exact) mass is 470 g/mol. The summed E-state index contributed by atoms with van der Waals surface area (Å²) in [6.45, 7) is 0.750. The lowest BCUT2D eigenvalue weighted by atomic mass is 9.78. The van der Waals surface area contributed by atoms with Gasteiger partial charge in [-0.1, -0.05) is 6.08 Å². The van der Waals surface area contributed by atoms with E-state index >= 15 is 0 Å². The second kappa shape index (κ2) is 8.80. The van der Waals surface area contributed by atoms with E-state index in [1.807, 2.05) is 0 Å². The van der Waals surface area contributed by atoms with E-state index in [1.54, 1.807) is 12.2 Å². The zero-order valence-corrected chi connectivity index (χ0v) is 17.8. The second-order valence-electron chi connectivity index (χ2n) is 8.33. The van der Waals surface area contributed by atoms with E-state index in [4.69, 9.17) is 23.7 Å². The van der Waals surface area contributed by atoms with Crippen molar-refractivity contribution in [3.05, 3.63) is 35.6 Å². The fourth-order valence-corrected chi connectivity index (χ4v) is 4.57. The number of carbonyl (C=O) groups excluding carboxylic acids is 2. The molecule has 3 aliphatic heterocycles. The molecule has 0 saturated carbocycles. The first-order chi connectivity index (χ1) is 15.6. The number of methoxy groups -OCH3 is 1. The third-order valence-electron chi connectivity index (χ3n) is 6.33. The highest BCUT2D eigenvalue weighted by molar-refractivity contribution is 5.94. The van der Waals surface area contributed by atoms with Gasteiger partial charge in [0.15, 0.2) is 11.9 Å². The Bertz CT molecular complexity index is 892. The number of rotatable bonds is 5. The normalized spacial score (nSPS) is 42.8. The van der Waals surface area contributed by atoms with Crippen LogP contribution in [-0.2, 0) is 33.3 Å². The molecule has 1 aliphatic carbocycles. The minimum Gasteiger partial charge on any atom is -0.471 e. The maximum Gasteiger partial charge on any atom is 0.337 e. The Hall–Kier alpha value is -2.32. The van der Waals surface area contributed by atoms with Gasteiger partial charge in [-0.05, 0) is 19.1 Å². The van der Waals surface area contributed by atoms with Crippen LogP contribution in [0.5, 0.6) is 0 Å². The Morgan fingerprint density at radius 1 is 1.21 bits per heavy atom. The van der Waals surface area contributed by atoms with Crippen molar-refractivity contribution in [1.29, 1.82) is 0 Å². The molecule has 0 amide bonds. The molecule has 12 heteroatoms. The molecule has 0 bridgehead atoms. The highest BCUT2D eigenvalue weighted by Crippen LogP contribution is 2.50. The summed E-state index contributed by atoms with van der Waals surface area (Å²) in [6.07, 6.45) is -4.38. The molecule has 3 heterocycles. The molecule has 182 valence electrons. The molecule has 0 aromatic heterocycles. The van der Waals surface area contributed by atoms with Crippen molar-refractivity contribution in [1.82, 2.24) is 0 Å². The van der Waals surface area contributed by atoms with Crippen molar-refractivity contribution in [3.8, 4) is 0 Å². The van der Waals surface area contributed by atoms with Gasteiger partial charge in [-0.2, -0.15) is 0 Å². The Kier molecular flexibility index (Phi) is 6.35. The van der Waals surface area contributed by atoms with Gasteiger partial charge in [-0.3, -0.25) is 0 Å².